The van der Waals surface area contributed by atoms with E-state index in [1.165, 1.54) is 0 Å². The molecule has 0 N–H and O–H groups in total. The van der Waals surface area contributed by atoms with Gasteiger partial charge in [0, 0.05) is 17.5 Å². The van der Waals surface area contributed by atoms with Crippen LogP contribution in [0.1, 0.15) is 21.9 Å². The summed E-state index contributed by atoms with van der Waals surface area (Å²) >= 11 is 5.91. The van der Waals surface area contributed by atoms with E-state index in [2.05, 4.69) is 15.0 Å². The van der Waals surface area contributed by atoms with E-state index in [9.17, 15) is 4.79 Å². The third kappa shape index (κ3) is 2.31. The SMILES string of the molecule is Cc1ccc(-c2nc(C)nc(Cl)c2C=O)cn1. The van der Waals surface area contributed by atoms with Crippen LogP contribution < -0.4 is 0 Å². The Bertz CT molecular complexity index is 567. The number of aryl methyl sites for hydroxylation is 2. The standard InChI is InChI=1S/C12H10ClN3O/c1-7-3-4-9(5-14-7)11-10(6-17)12(13)16-8(2)15-11/h3-6H,1-2H3. The summed E-state index contributed by atoms with van der Waals surface area (Å²) < 4.78 is 0. The van der Waals surface area contributed by atoms with Crippen LogP contribution in [0, 0.1) is 13.8 Å². The van der Waals surface area contributed by atoms with Gasteiger partial charge in [-0.25, -0.2) is 9.97 Å². The number of nitrogens with zero attached hydrogens (tertiary/aromatic N) is 3. The van der Waals surface area contributed by atoms with Gasteiger partial charge in [-0.1, -0.05) is 11.6 Å². The first-order valence-corrected chi connectivity index (χ1v) is 5.42. The fourth-order valence-electron chi connectivity index (χ4n) is 1.48. The van der Waals surface area contributed by atoms with Crippen LogP contribution >= 0.6 is 11.6 Å². The largest absolute Gasteiger partial charge is 0.298 e. The molecule has 0 radical (unpaired) electrons. The summed E-state index contributed by atoms with van der Waals surface area (Å²) in [5.74, 6) is 0.524. The molecule has 0 aliphatic carbocycles. The number of carbonyl (C=O) groups excluding carboxylic acids is 1. The fraction of sp³-hybridized carbons (Fsp3) is 0.167. The Morgan fingerprint density at radius 3 is 2.59 bits per heavy atom. The smallest absolute Gasteiger partial charge is 0.155 e. The first-order valence-electron chi connectivity index (χ1n) is 5.04. The second-order valence-corrected chi connectivity index (χ2v) is 3.99. The average Bonchev–Trinajstić information content (AvgIpc) is 2.29. The van der Waals surface area contributed by atoms with Crippen LogP contribution in [0.15, 0.2) is 18.3 Å². The average molecular weight is 248 g/mol. The molecule has 2 aromatic heterocycles. The van der Waals surface area contributed by atoms with E-state index >= 15 is 0 Å². The van der Waals surface area contributed by atoms with Crippen molar-refractivity contribution in [3.8, 4) is 11.3 Å². The normalized spacial score (nSPS) is 10.3. The highest BCUT2D eigenvalue weighted by atomic mass is 35.5. The quantitative estimate of drug-likeness (QED) is 0.605. The van der Waals surface area contributed by atoms with E-state index in [1.807, 2.05) is 19.1 Å². The maximum Gasteiger partial charge on any atom is 0.155 e. The van der Waals surface area contributed by atoms with Gasteiger partial charge in [0.05, 0.1) is 11.3 Å². The second-order valence-electron chi connectivity index (χ2n) is 3.63. The predicted molar refractivity (Wildman–Crippen MR) is 65.1 cm³/mol. The Morgan fingerprint density at radius 1 is 1.24 bits per heavy atom. The molecular weight excluding hydrogens is 238 g/mol. The molecule has 0 saturated heterocycles. The zero-order valence-electron chi connectivity index (χ0n) is 9.44. The van der Waals surface area contributed by atoms with Gasteiger partial charge in [-0.2, -0.15) is 0 Å². The van der Waals surface area contributed by atoms with E-state index in [4.69, 9.17) is 11.6 Å². The van der Waals surface area contributed by atoms with Crippen molar-refractivity contribution < 1.29 is 4.79 Å². The zero-order valence-corrected chi connectivity index (χ0v) is 10.2. The highest BCUT2D eigenvalue weighted by Crippen LogP contribution is 2.24. The van der Waals surface area contributed by atoms with Crippen molar-refractivity contribution >= 4 is 17.9 Å². The number of aromatic nitrogens is 3. The van der Waals surface area contributed by atoms with Crippen molar-refractivity contribution in [2.45, 2.75) is 13.8 Å². The highest BCUT2D eigenvalue weighted by molar-refractivity contribution is 6.32. The number of rotatable bonds is 2. The molecule has 0 amide bonds. The number of hydrogen-bond acceptors (Lipinski definition) is 4. The molecule has 17 heavy (non-hydrogen) atoms. The minimum atomic E-state index is 0.170. The van der Waals surface area contributed by atoms with Crippen molar-refractivity contribution in [3.05, 3.63) is 40.6 Å². The molecule has 0 unspecified atom stereocenters. The molecular formula is C12H10ClN3O. The van der Waals surface area contributed by atoms with Gasteiger partial charge in [-0.05, 0) is 26.0 Å². The Balaban J connectivity index is 2.65. The summed E-state index contributed by atoms with van der Waals surface area (Å²) in [7, 11) is 0. The molecule has 5 heteroatoms. The lowest BCUT2D eigenvalue weighted by Crippen LogP contribution is -1.99. The molecule has 0 fully saturated rings. The van der Waals surface area contributed by atoms with Crippen molar-refractivity contribution in [3.63, 3.8) is 0 Å². The summed E-state index contributed by atoms with van der Waals surface area (Å²) in [6.45, 7) is 3.62. The van der Waals surface area contributed by atoms with Crippen LogP contribution in [0.3, 0.4) is 0 Å². The maximum atomic E-state index is 11.0. The molecule has 0 bridgehead atoms. The summed E-state index contributed by atoms with van der Waals surface area (Å²) in [6.07, 6.45) is 2.33. The Kier molecular flexibility index (Phi) is 3.15. The van der Waals surface area contributed by atoms with Gasteiger partial charge in [0.15, 0.2) is 6.29 Å². The first-order chi connectivity index (χ1) is 8.11. The van der Waals surface area contributed by atoms with Crippen LogP contribution in [-0.4, -0.2) is 21.2 Å². The van der Waals surface area contributed by atoms with Gasteiger partial charge in [0.1, 0.15) is 11.0 Å². The molecule has 2 heterocycles. The van der Waals surface area contributed by atoms with Gasteiger partial charge in [0.25, 0.3) is 0 Å². The summed E-state index contributed by atoms with van der Waals surface area (Å²) in [6, 6.07) is 3.71. The number of aldehydes is 1. The van der Waals surface area contributed by atoms with Gasteiger partial charge >= 0.3 is 0 Å². The van der Waals surface area contributed by atoms with E-state index in [0.717, 1.165) is 11.3 Å². The summed E-state index contributed by atoms with van der Waals surface area (Å²) in [5, 5.41) is 0.170. The first kappa shape index (κ1) is 11.7. The van der Waals surface area contributed by atoms with Crippen molar-refractivity contribution in [1.29, 1.82) is 0 Å². The molecule has 2 aromatic rings. The molecule has 0 saturated carbocycles. The van der Waals surface area contributed by atoms with Crippen LogP contribution in [0.25, 0.3) is 11.3 Å². The second kappa shape index (κ2) is 4.59. The molecule has 0 spiro atoms. The Labute approximate surface area is 104 Å². The number of carbonyl (C=O) groups is 1. The van der Waals surface area contributed by atoms with Gasteiger partial charge in [-0.3, -0.25) is 9.78 Å². The predicted octanol–water partition coefficient (Wildman–Crippen LogP) is 2.62. The van der Waals surface area contributed by atoms with E-state index < -0.39 is 0 Å². The fourth-order valence-corrected chi connectivity index (χ4v) is 1.74. The molecule has 4 nitrogen and oxygen atoms in total. The molecule has 0 aliphatic rings. The van der Waals surface area contributed by atoms with Crippen molar-refractivity contribution in [2.24, 2.45) is 0 Å². The lowest BCUT2D eigenvalue weighted by molar-refractivity contribution is 0.112. The third-order valence-electron chi connectivity index (χ3n) is 2.31. The minimum absolute atomic E-state index is 0.170. The van der Waals surface area contributed by atoms with Crippen LogP contribution in [-0.2, 0) is 0 Å². The van der Waals surface area contributed by atoms with Gasteiger partial charge in [0.2, 0.25) is 0 Å². The lowest BCUT2D eigenvalue weighted by Gasteiger charge is -2.06. The summed E-state index contributed by atoms with van der Waals surface area (Å²) in [4.78, 5) is 23.4. The minimum Gasteiger partial charge on any atom is -0.298 e. The monoisotopic (exact) mass is 247 g/mol. The molecule has 0 atom stereocenters. The zero-order chi connectivity index (χ0) is 12.4. The van der Waals surface area contributed by atoms with Crippen LogP contribution in [0.2, 0.25) is 5.15 Å². The topological polar surface area (TPSA) is 55.7 Å². The Morgan fingerprint density at radius 2 is 2.00 bits per heavy atom. The van der Waals surface area contributed by atoms with E-state index in [-0.39, 0.29) is 5.15 Å². The maximum absolute atomic E-state index is 11.0. The Hall–Kier alpha value is -1.81. The number of halogens is 1. The molecule has 86 valence electrons. The molecule has 0 aliphatic heterocycles. The van der Waals surface area contributed by atoms with Crippen molar-refractivity contribution in [2.75, 3.05) is 0 Å². The highest BCUT2D eigenvalue weighted by Gasteiger charge is 2.12. The molecule has 2 rings (SSSR count). The van der Waals surface area contributed by atoms with Crippen LogP contribution in [0.5, 0.6) is 0 Å². The van der Waals surface area contributed by atoms with Crippen molar-refractivity contribution in [1.82, 2.24) is 15.0 Å². The molecule has 0 aromatic carbocycles. The lowest BCUT2D eigenvalue weighted by atomic mass is 10.1. The van der Waals surface area contributed by atoms with Gasteiger partial charge in [-0.15, -0.1) is 0 Å². The van der Waals surface area contributed by atoms with E-state index in [1.54, 1.807) is 13.1 Å². The number of hydrogen-bond donors (Lipinski definition) is 0. The van der Waals surface area contributed by atoms with Crippen LogP contribution in [0.4, 0.5) is 0 Å². The summed E-state index contributed by atoms with van der Waals surface area (Å²) in [5.41, 5.74) is 2.47. The number of pyridine rings is 1. The van der Waals surface area contributed by atoms with Gasteiger partial charge < -0.3 is 0 Å². The third-order valence-corrected chi connectivity index (χ3v) is 2.60. The van der Waals surface area contributed by atoms with E-state index in [0.29, 0.717) is 23.4 Å².